The summed E-state index contributed by atoms with van der Waals surface area (Å²) in [6.07, 6.45) is 5.44. The third-order valence-electron chi connectivity index (χ3n) is 2.57. The smallest absolute Gasteiger partial charge is 0.0869 e. The van der Waals surface area contributed by atoms with Gasteiger partial charge < -0.3 is 14.4 Å². The molecule has 1 N–H and O–H groups in total. The van der Waals surface area contributed by atoms with Gasteiger partial charge in [-0.15, -0.1) is 0 Å². The van der Waals surface area contributed by atoms with Gasteiger partial charge in [-0.3, -0.25) is 0 Å². The number of aliphatic hydroxyl groups is 1. The van der Waals surface area contributed by atoms with Gasteiger partial charge in [0.1, 0.15) is 0 Å². The predicted molar refractivity (Wildman–Crippen MR) is 49.4 cm³/mol. The molecule has 1 aromatic heterocycles. The van der Waals surface area contributed by atoms with Crippen molar-refractivity contribution in [2.75, 3.05) is 13.2 Å². The Morgan fingerprint density at radius 3 is 2.46 bits per heavy atom. The SMILES string of the molecule is OC1(Cn2cccc2)CCOCC1. The molecule has 2 heterocycles. The number of rotatable bonds is 2. The Balaban J connectivity index is 1.99. The van der Waals surface area contributed by atoms with Gasteiger partial charge in [0.05, 0.1) is 12.1 Å². The molecule has 3 heteroatoms. The molecule has 3 nitrogen and oxygen atoms in total. The lowest BCUT2D eigenvalue weighted by atomic mass is 9.94. The Hall–Kier alpha value is -0.800. The van der Waals surface area contributed by atoms with Crippen LogP contribution in [0.4, 0.5) is 0 Å². The van der Waals surface area contributed by atoms with E-state index in [1.807, 2.05) is 29.1 Å². The van der Waals surface area contributed by atoms with Crippen molar-refractivity contribution in [2.24, 2.45) is 0 Å². The standard InChI is InChI=1S/C10H15NO2/c12-10(3-7-13-8-4-10)9-11-5-1-2-6-11/h1-2,5-6,12H,3-4,7-9H2. The highest BCUT2D eigenvalue weighted by Crippen LogP contribution is 2.22. The molecule has 0 aliphatic carbocycles. The zero-order chi connectivity index (χ0) is 9.15. The number of nitrogens with zero attached hydrogens (tertiary/aromatic N) is 1. The van der Waals surface area contributed by atoms with Crippen LogP contribution in [0.1, 0.15) is 12.8 Å². The van der Waals surface area contributed by atoms with E-state index in [1.165, 1.54) is 0 Å². The molecule has 1 aliphatic rings. The van der Waals surface area contributed by atoms with Gasteiger partial charge in [-0.1, -0.05) is 0 Å². The highest BCUT2D eigenvalue weighted by Gasteiger charge is 2.29. The Labute approximate surface area is 77.9 Å². The van der Waals surface area contributed by atoms with Gasteiger partial charge >= 0.3 is 0 Å². The predicted octanol–water partition coefficient (Wildman–Crippen LogP) is 1.03. The molecule has 1 fully saturated rings. The summed E-state index contributed by atoms with van der Waals surface area (Å²) < 4.78 is 7.23. The third-order valence-corrected chi connectivity index (χ3v) is 2.57. The Bertz CT molecular complexity index is 250. The van der Waals surface area contributed by atoms with E-state index in [-0.39, 0.29) is 0 Å². The summed E-state index contributed by atoms with van der Waals surface area (Å²) in [5, 5.41) is 10.1. The first kappa shape index (κ1) is 8.78. The molecule has 1 saturated heterocycles. The van der Waals surface area contributed by atoms with Crippen molar-refractivity contribution in [3.8, 4) is 0 Å². The molecule has 13 heavy (non-hydrogen) atoms. The molecule has 0 atom stereocenters. The molecule has 2 rings (SSSR count). The van der Waals surface area contributed by atoms with E-state index in [4.69, 9.17) is 4.74 Å². The first-order chi connectivity index (χ1) is 6.29. The minimum atomic E-state index is -0.558. The molecule has 1 aliphatic heterocycles. The molecule has 0 bridgehead atoms. The van der Waals surface area contributed by atoms with Crippen LogP contribution in [0.25, 0.3) is 0 Å². The van der Waals surface area contributed by atoms with E-state index in [2.05, 4.69) is 0 Å². The monoisotopic (exact) mass is 181 g/mol. The Kier molecular flexibility index (Phi) is 2.38. The highest BCUT2D eigenvalue weighted by atomic mass is 16.5. The molecule has 1 aromatic rings. The molecule has 0 spiro atoms. The maximum absolute atomic E-state index is 10.1. The van der Waals surface area contributed by atoms with E-state index in [0.717, 1.165) is 12.8 Å². The quantitative estimate of drug-likeness (QED) is 0.739. The Morgan fingerprint density at radius 1 is 1.23 bits per heavy atom. The van der Waals surface area contributed by atoms with Gasteiger partial charge in [0.15, 0.2) is 0 Å². The second-order valence-electron chi connectivity index (χ2n) is 3.69. The maximum Gasteiger partial charge on any atom is 0.0869 e. The lowest BCUT2D eigenvalue weighted by Crippen LogP contribution is -2.39. The molecular formula is C10H15NO2. The number of ether oxygens (including phenoxy) is 1. The number of hydrogen-bond donors (Lipinski definition) is 1. The van der Waals surface area contributed by atoms with Gasteiger partial charge in [0.2, 0.25) is 0 Å². The van der Waals surface area contributed by atoms with E-state index in [0.29, 0.717) is 19.8 Å². The van der Waals surface area contributed by atoms with Crippen molar-refractivity contribution in [1.82, 2.24) is 4.57 Å². The molecule has 72 valence electrons. The lowest BCUT2D eigenvalue weighted by molar-refractivity contribution is -0.0727. The molecular weight excluding hydrogens is 166 g/mol. The van der Waals surface area contributed by atoms with E-state index in [9.17, 15) is 5.11 Å². The van der Waals surface area contributed by atoms with Crippen LogP contribution in [-0.4, -0.2) is 28.5 Å². The summed E-state index contributed by atoms with van der Waals surface area (Å²) in [4.78, 5) is 0. The molecule has 0 amide bonds. The fourth-order valence-electron chi connectivity index (χ4n) is 1.72. The average molecular weight is 181 g/mol. The maximum atomic E-state index is 10.1. The minimum absolute atomic E-state index is 0.558. The van der Waals surface area contributed by atoms with Crippen LogP contribution < -0.4 is 0 Å². The summed E-state index contributed by atoms with van der Waals surface area (Å²) in [6.45, 7) is 2.04. The van der Waals surface area contributed by atoms with Crippen LogP contribution in [0.5, 0.6) is 0 Å². The average Bonchev–Trinajstić information content (AvgIpc) is 2.57. The second kappa shape index (κ2) is 3.52. The van der Waals surface area contributed by atoms with Gasteiger partial charge in [-0.2, -0.15) is 0 Å². The van der Waals surface area contributed by atoms with Crippen molar-refractivity contribution >= 4 is 0 Å². The van der Waals surface area contributed by atoms with Gasteiger partial charge in [-0.25, -0.2) is 0 Å². The third kappa shape index (κ3) is 2.11. The van der Waals surface area contributed by atoms with Crippen LogP contribution >= 0.6 is 0 Å². The van der Waals surface area contributed by atoms with Crippen LogP contribution in [-0.2, 0) is 11.3 Å². The van der Waals surface area contributed by atoms with Gasteiger partial charge in [-0.05, 0) is 12.1 Å². The summed E-state index contributed by atoms with van der Waals surface area (Å²) in [7, 11) is 0. The first-order valence-corrected chi connectivity index (χ1v) is 4.69. The van der Waals surface area contributed by atoms with Crippen molar-refractivity contribution in [3.05, 3.63) is 24.5 Å². The van der Waals surface area contributed by atoms with E-state index < -0.39 is 5.60 Å². The number of aromatic nitrogens is 1. The van der Waals surface area contributed by atoms with E-state index in [1.54, 1.807) is 0 Å². The fraction of sp³-hybridized carbons (Fsp3) is 0.600. The summed E-state index contributed by atoms with van der Waals surface area (Å²) in [5.41, 5.74) is -0.558. The largest absolute Gasteiger partial charge is 0.388 e. The van der Waals surface area contributed by atoms with Crippen molar-refractivity contribution in [1.29, 1.82) is 0 Å². The van der Waals surface area contributed by atoms with Crippen LogP contribution in [0.2, 0.25) is 0 Å². The molecule has 0 saturated carbocycles. The molecule has 0 radical (unpaired) electrons. The van der Waals surface area contributed by atoms with Crippen molar-refractivity contribution < 1.29 is 9.84 Å². The molecule has 0 unspecified atom stereocenters. The van der Waals surface area contributed by atoms with Gasteiger partial charge in [0, 0.05) is 38.4 Å². The van der Waals surface area contributed by atoms with Crippen LogP contribution in [0, 0.1) is 0 Å². The van der Waals surface area contributed by atoms with Crippen molar-refractivity contribution in [2.45, 2.75) is 25.0 Å². The molecule has 0 aromatic carbocycles. The summed E-state index contributed by atoms with van der Waals surface area (Å²) >= 11 is 0. The lowest BCUT2D eigenvalue weighted by Gasteiger charge is -2.32. The zero-order valence-electron chi connectivity index (χ0n) is 7.65. The van der Waals surface area contributed by atoms with Gasteiger partial charge in [0.25, 0.3) is 0 Å². The normalized spacial score (nSPS) is 21.6. The van der Waals surface area contributed by atoms with Crippen LogP contribution in [0.3, 0.4) is 0 Å². The second-order valence-corrected chi connectivity index (χ2v) is 3.69. The summed E-state index contributed by atoms with van der Waals surface area (Å²) in [6, 6.07) is 3.95. The Morgan fingerprint density at radius 2 is 1.85 bits per heavy atom. The van der Waals surface area contributed by atoms with E-state index >= 15 is 0 Å². The highest BCUT2D eigenvalue weighted by molar-refractivity contribution is 4.93. The zero-order valence-corrected chi connectivity index (χ0v) is 7.65. The van der Waals surface area contributed by atoms with Crippen molar-refractivity contribution in [3.63, 3.8) is 0 Å². The minimum Gasteiger partial charge on any atom is -0.388 e. The number of hydrogen-bond acceptors (Lipinski definition) is 2. The first-order valence-electron chi connectivity index (χ1n) is 4.69. The fourth-order valence-corrected chi connectivity index (χ4v) is 1.72. The van der Waals surface area contributed by atoms with Crippen LogP contribution in [0.15, 0.2) is 24.5 Å². The summed E-state index contributed by atoms with van der Waals surface area (Å²) in [5.74, 6) is 0. The topological polar surface area (TPSA) is 34.4 Å².